The van der Waals surface area contributed by atoms with Crippen LogP contribution in [0.4, 0.5) is 0 Å². The Bertz CT molecular complexity index is 1440. The van der Waals surface area contributed by atoms with Crippen LogP contribution in [-0.4, -0.2) is 43.4 Å². The molecular weight excluding hydrogens is 466 g/mol. The number of hydrogen-bond acceptors (Lipinski definition) is 5. The summed E-state index contributed by atoms with van der Waals surface area (Å²) in [6.07, 6.45) is 4.42. The van der Waals surface area contributed by atoms with E-state index in [0.29, 0.717) is 18.7 Å². The molecule has 2 aliphatic heterocycles. The summed E-state index contributed by atoms with van der Waals surface area (Å²) in [6.45, 7) is 2.88. The molecule has 6 rings (SSSR count). The first-order valence-corrected chi connectivity index (χ1v) is 12.8. The number of methoxy groups -OCH3 is 1. The van der Waals surface area contributed by atoms with Gasteiger partial charge in [-0.3, -0.25) is 4.79 Å². The molecule has 0 aliphatic carbocycles. The van der Waals surface area contributed by atoms with Gasteiger partial charge in [-0.2, -0.15) is 0 Å². The second-order valence-corrected chi connectivity index (χ2v) is 9.69. The Morgan fingerprint density at radius 2 is 1.92 bits per heavy atom. The number of benzene rings is 3. The van der Waals surface area contributed by atoms with Gasteiger partial charge >= 0.3 is 0 Å². The van der Waals surface area contributed by atoms with Gasteiger partial charge in [0.25, 0.3) is 5.91 Å². The molecule has 0 bridgehead atoms. The molecule has 0 saturated carbocycles. The van der Waals surface area contributed by atoms with Crippen molar-refractivity contribution in [1.29, 1.82) is 0 Å². The van der Waals surface area contributed by atoms with E-state index in [4.69, 9.17) is 14.2 Å². The van der Waals surface area contributed by atoms with Gasteiger partial charge in [-0.1, -0.05) is 18.2 Å². The maximum atomic E-state index is 12.9. The summed E-state index contributed by atoms with van der Waals surface area (Å²) in [5.74, 6) is 1.12. The van der Waals surface area contributed by atoms with Gasteiger partial charge in [0, 0.05) is 66.8 Å². The summed E-state index contributed by atoms with van der Waals surface area (Å²) in [7, 11) is 1.66. The largest absolute Gasteiger partial charge is 0.497 e. The lowest BCUT2D eigenvalue weighted by Crippen LogP contribution is -2.49. The minimum Gasteiger partial charge on any atom is -0.497 e. The first kappa shape index (κ1) is 23.6. The molecule has 1 fully saturated rings. The molecular formula is C30H31N3O4. The van der Waals surface area contributed by atoms with E-state index in [1.165, 1.54) is 0 Å². The van der Waals surface area contributed by atoms with Crippen LogP contribution in [0.3, 0.4) is 0 Å². The number of fused-ring (bicyclic) bond motifs is 2. The molecule has 7 nitrogen and oxygen atoms in total. The van der Waals surface area contributed by atoms with Crippen molar-refractivity contribution in [2.24, 2.45) is 0 Å². The maximum absolute atomic E-state index is 12.9. The van der Waals surface area contributed by atoms with Gasteiger partial charge in [0.15, 0.2) is 0 Å². The fraction of sp³-hybridized carbons (Fsp3) is 0.300. The molecule has 7 heteroatoms. The number of carbonyl (C=O) groups is 1. The molecule has 4 aromatic rings. The van der Waals surface area contributed by atoms with E-state index in [9.17, 15) is 4.79 Å². The van der Waals surface area contributed by atoms with Gasteiger partial charge in [0.2, 0.25) is 5.79 Å². The van der Waals surface area contributed by atoms with Crippen molar-refractivity contribution < 1.29 is 19.0 Å². The highest BCUT2D eigenvalue weighted by atomic mass is 16.7. The van der Waals surface area contributed by atoms with Gasteiger partial charge in [0.05, 0.1) is 13.7 Å². The van der Waals surface area contributed by atoms with Crippen LogP contribution >= 0.6 is 0 Å². The topological polar surface area (TPSA) is 84.6 Å². The molecule has 3 N–H and O–H groups in total. The standard InChI is InChI=1S/C30H31N3O4/c1-35-25-6-7-26-23(18-33-27(26)17-25)9-12-32-29(34)22-4-2-3-20(15-22)21-5-8-28-24(16-21)19-36-30(37-28)10-13-31-14-11-30/h2-8,15-18,31,33H,9-14,19H2,1H3,(H,32,34). The Morgan fingerprint density at radius 3 is 2.78 bits per heavy atom. The third-order valence-corrected chi connectivity index (χ3v) is 7.33. The maximum Gasteiger partial charge on any atom is 0.251 e. The summed E-state index contributed by atoms with van der Waals surface area (Å²) in [5, 5.41) is 7.56. The zero-order valence-corrected chi connectivity index (χ0v) is 20.9. The SMILES string of the molecule is COc1ccc2c(CCNC(=O)c3cccc(-c4ccc5c(c4)COC4(CCNCC4)O5)c3)c[nH]c2c1. The van der Waals surface area contributed by atoms with Crippen molar-refractivity contribution in [2.45, 2.75) is 31.7 Å². The average Bonchev–Trinajstić information content (AvgIpc) is 3.35. The smallest absolute Gasteiger partial charge is 0.251 e. The Balaban J connectivity index is 1.11. The number of piperidine rings is 1. The van der Waals surface area contributed by atoms with Crippen molar-refractivity contribution in [3.63, 3.8) is 0 Å². The minimum absolute atomic E-state index is 0.0826. The normalized spacial score (nSPS) is 16.2. The predicted octanol–water partition coefficient (Wildman–Crippen LogP) is 4.80. The van der Waals surface area contributed by atoms with Crippen LogP contribution < -0.4 is 20.1 Å². The third kappa shape index (κ3) is 4.80. The van der Waals surface area contributed by atoms with E-state index in [2.05, 4.69) is 27.8 Å². The summed E-state index contributed by atoms with van der Waals surface area (Å²) >= 11 is 0. The number of carbonyl (C=O) groups excluding carboxylic acids is 1. The molecule has 0 atom stereocenters. The van der Waals surface area contributed by atoms with Gasteiger partial charge in [-0.15, -0.1) is 0 Å². The van der Waals surface area contributed by atoms with Crippen LogP contribution in [0.25, 0.3) is 22.0 Å². The van der Waals surface area contributed by atoms with Crippen LogP contribution in [-0.2, 0) is 17.8 Å². The highest BCUT2D eigenvalue weighted by Crippen LogP contribution is 2.38. The Hall–Kier alpha value is -3.81. The minimum atomic E-state index is -0.503. The summed E-state index contributed by atoms with van der Waals surface area (Å²) < 4.78 is 17.8. The molecule has 1 aromatic heterocycles. The Morgan fingerprint density at radius 1 is 1.05 bits per heavy atom. The zero-order chi connectivity index (χ0) is 25.2. The zero-order valence-electron chi connectivity index (χ0n) is 20.9. The van der Waals surface area contributed by atoms with Gasteiger partial charge < -0.3 is 29.8 Å². The number of ether oxygens (including phenoxy) is 3. The summed E-state index contributed by atoms with van der Waals surface area (Å²) in [5.41, 5.74) is 5.89. The lowest BCUT2D eigenvalue weighted by atomic mass is 9.98. The molecule has 1 spiro atoms. The fourth-order valence-corrected chi connectivity index (χ4v) is 5.22. The molecule has 3 heterocycles. The molecule has 1 saturated heterocycles. The van der Waals surface area contributed by atoms with Crippen molar-refractivity contribution >= 4 is 16.8 Å². The first-order chi connectivity index (χ1) is 18.1. The fourth-order valence-electron chi connectivity index (χ4n) is 5.22. The molecule has 0 unspecified atom stereocenters. The molecule has 2 aliphatic rings. The number of hydrogen-bond donors (Lipinski definition) is 3. The second-order valence-electron chi connectivity index (χ2n) is 9.69. The number of nitrogens with one attached hydrogen (secondary N) is 3. The summed E-state index contributed by atoms with van der Waals surface area (Å²) in [4.78, 5) is 16.2. The van der Waals surface area contributed by atoms with E-state index in [1.54, 1.807) is 7.11 Å². The number of aromatic amines is 1. The highest BCUT2D eigenvalue weighted by Gasteiger charge is 2.38. The summed E-state index contributed by atoms with van der Waals surface area (Å²) in [6, 6.07) is 19.9. The van der Waals surface area contributed by atoms with Crippen molar-refractivity contribution in [3.05, 3.63) is 83.6 Å². The van der Waals surface area contributed by atoms with E-state index < -0.39 is 5.79 Å². The first-order valence-electron chi connectivity index (χ1n) is 12.8. The number of aromatic nitrogens is 1. The van der Waals surface area contributed by atoms with Crippen molar-refractivity contribution in [2.75, 3.05) is 26.7 Å². The third-order valence-electron chi connectivity index (χ3n) is 7.33. The average molecular weight is 498 g/mol. The van der Waals surface area contributed by atoms with Crippen LogP contribution in [0.2, 0.25) is 0 Å². The predicted molar refractivity (Wildman–Crippen MR) is 143 cm³/mol. The highest BCUT2D eigenvalue weighted by molar-refractivity contribution is 5.95. The lowest BCUT2D eigenvalue weighted by molar-refractivity contribution is -0.218. The quantitative estimate of drug-likeness (QED) is 0.356. The molecule has 1 amide bonds. The van der Waals surface area contributed by atoms with Crippen molar-refractivity contribution in [1.82, 2.24) is 15.6 Å². The van der Waals surface area contributed by atoms with Crippen LogP contribution in [0, 0.1) is 0 Å². The van der Waals surface area contributed by atoms with E-state index >= 15 is 0 Å². The molecule has 37 heavy (non-hydrogen) atoms. The van der Waals surface area contributed by atoms with Crippen LogP contribution in [0.1, 0.15) is 34.3 Å². The number of amides is 1. The van der Waals surface area contributed by atoms with Gasteiger partial charge in [0.1, 0.15) is 11.5 Å². The van der Waals surface area contributed by atoms with E-state index in [1.807, 2.05) is 54.7 Å². The van der Waals surface area contributed by atoms with Crippen molar-refractivity contribution in [3.8, 4) is 22.6 Å². The second kappa shape index (κ2) is 9.92. The molecule has 3 aromatic carbocycles. The van der Waals surface area contributed by atoms with Gasteiger partial charge in [-0.25, -0.2) is 0 Å². The number of rotatable bonds is 6. The Labute approximate surface area is 216 Å². The van der Waals surface area contributed by atoms with Crippen LogP contribution in [0.15, 0.2) is 66.9 Å². The van der Waals surface area contributed by atoms with Gasteiger partial charge in [-0.05, 0) is 59.5 Å². The number of H-pyrrole nitrogens is 1. The molecule has 0 radical (unpaired) electrons. The Kier molecular flexibility index (Phi) is 6.32. The van der Waals surface area contributed by atoms with Crippen LogP contribution in [0.5, 0.6) is 11.5 Å². The molecule has 190 valence electrons. The lowest BCUT2D eigenvalue weighted by Gasteiger charge is -2.41. The van der Waals surface area contributed by atoms with E-state index in [0.717, 1.165) is 77.0 Å². The van der Waals surface area contributed by atoms with E-state index in [-0.39, 0.29) is 5.91 Å². The monoisotopic (exact) mass is 497 g/mol.